The van der Waals surface area contributed by atoms with E-state index in [-0.39, 0.29) is 16.1 Å². The third-order valence-corrected chi connectivity index (χ3v) is 6.81. The van der Waals surface area contributed by atoms with E-state index in [2.05, 4.69) is 4.72 Å². The highest BCUT2D eigenvalue weighted by molar-refractivity contribution is 7.99. The Morgan fingerprint density at radius 2 is 1.81 bits per heavy atom. The van der Waals surface area contributed by atoms with E-state index in [1.54, 1.807) is 36.4 Å². The molecule has 27 heavy (non-hydrogen) atoms. The number of carboxylic acid groups (broad SMARTS) is 1. The summed E-state index contributed by atoms with van der Waals surface area (Å²) in [6.07, 6.45) is 0.826. The van der Waals surface area contributed by atoms with Gasteiger partial charge in [-0.2, -0.15) is 11.8 Å². The molecule has 2 aromatic rings. The van der Waals surface area contributed by atoms with Crippen LogP contribution in [0.4, 0.5) is 11.4 Å². The van der Waals surface area contributed by atoms with Gasteiger partial charge in [0.1, 0.15) is 0 Å². The molecule has 144 valence electrons. The quantitative estimate of drug-likeness (QED) is 0.765. The highest BCUT2D eigenvalue weighted by Crippen LogP contribution is 2.28. The molecule has 0 radical (unpaired) electrons. The molecule has 0 unspecified atom stereocenters. The molecule has 0 spiro atoms. The van der Waals surface area contributed by atoms with Gasteiger partial charge in [-0.1, -0.05) is 19.1 Å². The van der Waals surface area contributed by atoms with Crippen LogP contribution in [-0.4, -0.2) is 44.1 Å². The predicted molar refractivity (Wildman–Crippen MR) is 110 cm³/mol. The Labute approximate surface area is 163 Å². The van der Waals surface area contributed by atoms with Crippen LogP contribution in [0.15, 0.2) is 47.4 Å². The van der Waals surface area contributed by atoms with Crippen LogP contribution in [-0.2, 0) is 16.4 Å². The van der Waals surface area contributed by atoms with E-state index in [0.29, 0.717) is 5.69 Å². The number of aryl methyl sites for hydroxylation is 1. The van der Waals surface area contributed by atoms with Gasteiger partial charge in [-0.15, -0.1) is 0 Å². The lowest BCUT2D eigenvalue weighted by molar-refractivity contribution is 0.0697. The number of benzene rings is 2. The van der Waals surface area contributed by atoms with Gasteiger partial charge in [0.05, 0.1) is 16.1 Å². The van der Waals surface area contributed by atoms with Gasteiger partial charge in [0.25, 0.3) is 10.0 Å². The fraction of sp³-hybridized carbons (Fsp3) is 0.316. The highest BCUT2D eigenvalue weighted by Gasteiger charge is 2.21. The van der Waals surface area contributed by atoms with Gasteiger partial charge in [-0.05, 0) is 42.3 Å². The van der Waals surface area contributed by atoms with Crippen LogP contribution in [0.1, 0.15) is 22.8 Å². The average Bonchev–Trinajstić information content (AvgIpc) is 2.68. The maximum absolute atomic E-state index is 12.6. The smallest absolute Gasteiger partial charge is 0.337 e. The first-order valence-electron chi connectivity index (χ1n) is 8.72. The summed E-state index contributed by atoms with van der Waals surface area (Å²) in [5.41, 5.74) is 2.01. The van der Waals surface area contributed by atoms with Crippen molar-refractivity contribution in [3.05, 3.63) is 53.6 Å². The number of hydrogen-bond acceptors (Lipinski definition) is 5. The molecule has 3 rings (SSSR count). The second kappa shape index (κ2) is 8.22. The number of nitrogens with zero attached hydrogens (tertiary/aromatic N) is 1. The van der Waals surface area contributed by atoms with Gasteiger partial charge < -0.3 is 10.0 Å². The molecule has 0 aromatic heterocycles. The van der Waals surface area contributed by atoms with Crippen molar-refractivity contribution in [1.29, 1.82) is 0 Å². The third-order valence-electron chi connectivity index (χ3n) is 4.47. The second-order valence-corrected chi connectivity index (χ2v) is 9.15. The molecule has 0 aliphatic carbocycles. The Balaban J connectivity index is 1.87. The Kier molecular flexibility index (Phi) is 5.96. The summed E-state index contributed by atoms with van der Waals surface area (Å²) in [7, 11) is -3.78. The number of aromatic carboxylic acids is 1. The van der Waals surface area contributed by atoms with Crippen molar-refractivity contribution in [2.75, 3.05) is 34.2 Å². The third kappa shape index (κ3) is 4.56. The summed E-state index contributed by atoms with van der Waals surface area (Å²) in [4.78, 5) is 13.9. The lowest BCUT2D eigenvalue weighted by Crippen LogP contribution is -2.33. The molecule has 0 bridgehead atoms. The van der Waals surface area contributed by atoms with Crippen LogP contribution < -0.4 is 9.62 Å². The van der Waals surface area contributed by atoms with Crippen molar-refractivity contribution in [2.24, 2.45) is 0 Å². The normalized spacial score (nSPS) is 14.8. The Bertz CT molecular complexity index is 921. The van der Waals surface area contributed by atoms with E-state index < -0.39 is 16.0 Å². The van der Waals surface area contributed by atoms with Crippen LogP contribution in [0.25, 0.3) is 0 Å². The minimum atomic E-state index is -3.78. The van der Waals surface area contributed by atoms with E-state index in [1.165, 1.54) is 6.07 Å². The number of carboxylic acids is 1. The lowest BCUT2D eigenvalue weighted by atomic mass is 10.1. The van der Waals surface area contributed by atoms with Crippen LogP contribution in [0.2, 0.25) is 0 Å². The number of hydrogen-bond donors (Lipinski definition) is 2. The van der Waals surface area contributed by atoms with Crippen molar-refractivity contribution in [3.63, 3.8) is 0 Å². The van der Waals surface area contributed by atoms with Gasteiger partial charge in [-0.25, -0.2) is 13.2 Å². The van der Waals surface area contributed by atoms with E-state index in [0.717, 1.165) is 36.6 Å². The maximum Gasteiger partial charge on any atom is 0.337 e. The summed E-state index contributed by atoms with van der Waals surface area (Å²) in [5.74, 6) is 0.819. The Hall–Kier alpha value is -2.19. The van der Waals surface area contributed by atoms with E-state index in [4.69, 9.17) is 0 Å². The zero-order valence-corrected chi connectivity index (χ0v) is 16.6. The number of rotatable bonds is 6. The van der Waals surface area contributed by atoms with E-state index in [9.17, 15) is 18.3 Å². The maximum atomic E-state index is 12.6. The van der Waals surface area contributed by atoms with Gasteiger partial charge >= 0.3 is 5.97 Å². The Morgan fingerprint density at radius 3 is 2.41 bits per heavy atom. The topological polar surface area (TPSA) is 86.7 Å². The Morgan fingerprint density at radius 1 is 1.15 bits per heavy atom. The molecule has 1 aliphatic heterocycles. The fourth-order valence-electron chi connectivity index (χ4n) is 2.97. The van der Waals surface area contributed by atoms with Crippen molar-refractivity contribution in [2.45, 2.75) is 18.2 Å². The van der Waals surface area contributed by atoms with Crippen LogP contribution in [0, 0.1) is 0 Å². The summed E-state index contributed by atoms with van der Waals surface area (Å²) >= 11 is 1.84. The molecule has 1 fully saturated rings. The molecule has 1 saturated heterocycles. The van der Waals surface area contributed by atoms with Crippen LogP contribution in [0.3, 0.4) is 0 Å². The minimum Gasteiger partial charge on any atom is -0.478 e. The molecular formula is C19H22N2O4S2. The number of carbonyl (C=O) groups is 1. The van der Waals surface area contributed by atoms with E-state index in [1.807, 2.05) is 23.6 Å². The molecule has 1 heterocycles. The van der Waals surface area contributed by atoms with Gasteiger partial charge in [0.2, 0.25) is 0 Å². The summed E-state index contributed by atoms with van der Waals surface area (Å²) in [6.45, 7) is 3.55. The average molecular weight is 407 g/mol. The predicted octanol–water partition coefficient (Wildman–Crippen LogP) is 3.30. The minimum absolute atomic E-state index is 0.100. The molecular weight excluding hydrogens is 384 g/mol. The first kappa shape index (κ1) is 19.6. The molecule has 8 heteroatoms. The molecule has 6 nitrogen and oxygen atoms in total. The fourth-order valence-corrected chi connectivity index (χ4v) is 4.92. The number of sulfonamides is 1. The van der Waals surface area contributed by atoms with E-state index >= 15 is 0 Å². The summed E-state index contributed by atoms with van der Waals surface area (Å²) in [6, 6.07) is 11.3. The molecule has 0 atom stereocenters. The summed E-state index contributed by atoms with van der Waals surface area (Å²) in [5, 5.41) is 9.58. The van der Waals surface area contributed by atoms with Crippen LogP contribution >= 0.6 is 11.8 Å². The first-order valence-corrected chi connectivity index (χ1v) is 11.4. The molecule has 0 saturated carbocycles. The SMILES string of the molecule is CCc1ccc(S(=O)(=O)Nc2ccc(N3CCSCC3)c(C(=O)O)c2)cc1. The molecule has 2 aromatic carbocycles. The zero-order chi connectivity index (χ0) is 19.4. The number of thioether (sulfide) groups is 1. The standard InChI is InChI=1S/C19H22N2O4S2/c1-2-14-3-6-16(7-4-14)27(24,25)20-15-5-8-18(17(13-15)19(22)23)21-9-11-26-12-10-21/h3-8,13,20H,2,9-12H2,1H3,(H,22,23). The van der Waals surface area contributed by atoms with Gasteiger partial charge in [0.15, 0.2) is 0 Å². The zero-order valence-electron chi connectivity index (χ0n) is 15.0. The van der Waals surface area contributed by atoms with Crippen molar-refractivity contribution < 1.29 is 18.3 Å². The first-order chi connectivity index (χ1) is 12.9. The largest absolute Gasteiger partial charge is 0.478 e. The second-order valence-electron chi connectivity index (χ2n) is 6.24. The molecule has 2 N–H and O–H groups in total. The molecule has 0 amide bonds. The van der Waals surface area contributed by atoms with Crippen molar-refractivity contribution >= 4 is 39.1 Å². The highest BCUT2D eigenvalue weighted by atomic mass is 32.2. The van der Waals surface area contributed by atoms with Crippen molar-refractivity contribution in [3.8, 4) is 0 Å². The van der Waals surface area contributed by atoms with Crippen LogP contribution in [0.5, 0.6) is 0 Å². The van der Waals surface area contributed by atoms with Crippen molar-refractivity contribution in [1.82, 2.24) is 0 Å². The lowest BCUT2D eigenvalue weighted by Gasteiger charge is -2.29. The van der Waals surface area contributed by atoms with Gasteiger partial charge in [0, 0.05) is 30.3 Å². The van der Waals surface area contributed by atoms with Gasteiger partial charge in [-0.3, -0.25) is 4.72 Å². The monoisotopic (exact) mass is 406 g/mol. The number of anilines is 2. The number of nitrogens with one attached hydrogen (secondary N) is 1. The summed E-state index contributed by atoms with van der Waals surface area (Å²) < 4.78 is 27.7. The molecule has 1 aliphatic rings.